The first-order chi connectivity index (χ1) is 13.2. The Bertz CT molecular complexity index is 887. The molecule has 3 rings (SSSR count). The van der Waals surface area contributed by atoms with E-state index in [4.69, 9.17) is 16.1 Å². The molecule has 148 valence electrons. The molecule has 0 atom stereocenters. The summed E-state index contributed by atoms with van der Waals surface area (Å²) in [5, 5.41) is 11.1. The lowest BCUT2D eigenvalue weighted by Crippen LogP contribution is -2.39. The predicted octanol–water partition coefficient (Wildman–Crippen LogP) is 3.35. The van der Waals surface area contributed by atoms with Crippen molar-refractivity contribution < 1.29 is 4.52 Å². The van der Waals surface area contributed by atoms with Crippen LogP contribution < -0.4 is 10.6 Å². The molecule has 0 radical (unpaired) electrons. The van der Waals surface area contributed by atoms with Gasteiger partial charge in [-0.15, -0.1) is 24.0 Å². The largest absolute Gasteiger partial charge is 0.356 e. The van der Waals surface area contributed by atoms with Crippen molar-refractivity contribution in [3.8, 4) is 11.4 Å². The van der Waals surface area contributed by atoms with Gasteiger partial charge in [-0.3, -0.25) is 9.98 Å². The summed E-state index contributed by atoms with van der Waals surface area (Å²) in [5.74, 6) is 1.81. The molecule has 2 N–H and O–H groups in total. The number of guanidine groups is 1. The summed E-state index contributed by atoms with van der Waals surface area (Å²) in [4.78, 5) is 12.9. The van der Waals surface area contributed by atoms with Crippen LogP contribution in [0.2, 0.25) is 5.02 Å². The molecule has 3 aromatic rings. The van der Waals surface area contributed by atoms with Crippen LogP contribution in [0.25, 0.3) is 11.4 Å². The van der Waals surface area contributed by atoms with Crippen LogP contribution in [0.15, 0.2) is 58.2 Å². The lowest BCUT2D eigenvalue weighted by molar-refractivity contribution is 0.378. The second-order valence-corrected chi connectivity index (χ2v) is 6.21. The third-order valence-electron chi connectivity index (χ3n) is 3.81. The summed E-state index contributed by atoms with van der Waals surface area (Å²) in [5.41, 5.74) is 1.87. The van der Waals surface area contributed by atoms with E-state index in [1.165, 1.54) is 0 Å². The molecule has 1 aromatic carbocycles. The highest BCUT2D eigenvalue weighted by molar-refractivity contribution is 14.0. The van der Waals surface area contributed by atoms with Gasteiger partial charge in [0.15, 0.2) is 5.96 Å². The summed E-state index contributed by atoms with van der Waals surface area (Å²) >= 11 is 6.00. The van der Waals surface area contributed by atoms with E-state index in [1.54, 1.807) is 13.2 Å². The van der Waals surface area contributed by atoms with E-state index in [2.05, 4.69) is 30.8 Å². The van der Waals surface area contributed by atoms with Crippen molar-refractivity contribution >= 4 is 41.5 Å². The Labute approximate surface area is 186 Å². The van der Waals surface area contributed by atoms with E-state index in [-0.39, 0.29) is 24.0 Å². The smallest absolute Gasteiger partial charge is 0.228 e. The van der Waals surface area contributed by atoms with Crippen LogP contribution in [0, 0.1) is 0 Å². The minimum absolute atomic E-state index is 0. The number of pyridine rings is 1. The lowest BCUT2D eigenvalue weighted by atomic mass is 10.2. The quantitative estimate of drug-likeness (QED) is 0.287. The molecule has 0 bridgehead atoms. The first-order valence-corrected chi connectivity index (χ1v) is 9.05. The molecular weight excluding hydrogens is 491 g/mol. The van der Waals surface area contributed by atoms with Gasteiger partial charge in [-0.2, -0.15) is 4.98 Å². The lowest BCUT2D eigenvalue weighted by Gasteiger charge is -2.10. The third kappa shape index (κ3) is 6.75. The molecule has 2 aromatic heterocycles. The molecule has 0 fully saturated rings. The van der Waals surface area contributed by atoms with Gasteiger partial charge in [-0.1, -0.05) is 35.0 Å². The maximum absolute atomic E-state index is 6.00. The van der Waals surface area contributed by atoms with Gasteiger partial charge in [0.05, 0.1) is 0 Å². The molecule has 2 heterocycles. The van der Waals surface area contributed by atoms with E-state index in [1.807, 2.05) is 42.5 Å². The van der Waals surface area contributed by atoms with E-state index < -0.39 is 0 Å². The van der Waals surface area contributed by atoms with Gasteiger partial charge in [-0.25, -0.2) is 0 Å². The first-order valence-electron chi connectivity index (χ1n) is 8.67. The molecule has 0 saturated heterocycles. The normalized spacial score (nSPS) is 11.0. The van der Waals surface area contributed by atoms with Crippen LogP contribution in [0.1, 0.15) is 11.6 Å². The highest BCUT2D eigenvalue weighted by atomic mass is 127. The highest BCUT2D eigenvalue weighted by Crippen LogP contribution is 2.19. The summed E-state index contributed by atoms with van der Waals surface area (Å²) in [6.45, 7) is 1.37. The van der Waals surface area contributed by atoms with E-state index in [0.29, 0.717) is 29.7 Å². The van der Waals surface area contributed by atoms with Crippen LogP contribution in [0.4, 0.5) is 0 Å². The van der Waals surface area contributed by atoms with Gasteiger partial charge >= 0.3 is 0 Å². The second-order valence-electron chi connectivity index (χ2n) is 5.77. The molecule has 0 spiro atoms. The molecule has 28 heavy (non-hydrogen) atoms. The Morgan fingerprint density at radius 2 is 1.93 bits per heavy atom. The van der Waals surface area contributed by atoms with Crippen molar-refractivity contribution in [3.63, 3.8) is 0 Å². The molecule has 0 amide bonds. The second kappa shape index (κ2) is 11.6. The number of rotatable bonds is 7. The standard InChI is InChI=1S/C19H21ClN6O.HI/c1-21-19(23-11-8-16-7-2-3-10-22-16)24-12-9-17-25-18(26-27-17)14-5-4-6-15(20)13-14;/h2-7,10,13H,8-9,11-12H2,1H3,(H2,21,23,24);1H. The Balaban J connectivity index is 0.00000280. The highest BCUT2D eigenvalue weighted by Gasteiger charge is 2.09. The predicted molar refractivity (Wildman–Crippen MR) is 121 cm³/mol. The van der Waals surface area contributed by atoms with Gasteiger partial charge in [0.1, 0.15) is 0 Å². The van der Waals surface area contributed by atoms with Crippen LogP contribution in [-0.2, 0) is 12.8 Å². The van der Waals surface area contributed by atoms with Crippen molar-refractivity contribution in [2.45, 2.75) is 12.8 Å². The summed E-state index contributed by atoms with van der Waals surface area (Å²) in [6, 6.07) is 13.3. The Hall–Kier alpha value is -2.20. The first kappa shape index (κ1) is 22.1. The molecule has 0 aliphatic heterocycles. The molecule has 7 nitrogen and oxygen atoms in total. The topological polar surface area (TPSA) is 88.2 Å². The van der Waals surface area contributed by atoms with Gasteiger partial charge in [0.25, 0.3) is 0 Å². The van der Waals surface area contributed by atoms with Gasteiger partial charge in [0.2, 0.25) is 11.7 Å². The maximum Gasteiger partial charge on any atom is 0.228 e. The summed E-state index contributed by atoms with van der Waals surface area (Å²) < 4.78 is 5.30. The zero-order valence-corrected chi connectivity index (χ0v) is 18.5. The minimum atomic E-state index is 0. The monoisotopic (exact) mass is 512 g/mol. The van der Waals surface area contributed by atoms with Crippen molar-refractivity contribution in [1.29, 1.82) is 0 Å². The zero-order valence-electron chi connectivity index (χ0n) is 15.4. The Morgan fingerprint density at radius 1 is 1.11 bits per heavy atom. The fourth-order valence-electron chi connectivity index (χ4n) is 2.46. The van der Waals surface area contributed by atoms with Gasteiger partial charge in [0, 0.05) is 55.5 Å². The number of halogens is 2. The third-order valence-corrected chi connectivity index (χ3v) is 4.04. The van der Waals surface area contributed by atoms with Crippen molar-refractivity contribution in [2.24, 2.45) is 4.99 Å². The molecule has 0 aliphatic carbocycles. The van der Waals surface area contributed by atoms with Gasteiger partial charge in [-0.05, 0) is 24.3 Å². The maximum atomic E-state index is 6.00. The number of hydrogen-bond acceptors (Lipinski definition) is 5. The summed E-state index contributed by atoms with van der Waals surface area (Å²) in [6.07, 6.45) is 3.22. The van der Waals surface area contributed by atoms with E-state index in [0.717, 1.165) is 30.2 Å². The Morgan fingerprint density at radius 3 is 2.64 bits per heavy atom. The molecule has 0 unspecified atom stereocenters. The van der Waals surface area contributed by atoms with Crippen molar-refractivity contribution in [3.05, 3.63) is 65.3 Å². The number of aromatic nitrogens is 3. The zero-order chi connectivity index (χ0) is 18.9. The SMILES string of the molecule is CN=C(NCCc1ccccn1)NCCc1nc(-c2cccc(Cl)c2)no1.I. The molecular formula is C19H22ClIN6O. The fraction of sp³-hybridized carbons (Fsp3) is 0.263. The number of benzene rings is 1. The molecule has 0 saturated carbocycles. The number of nitrogens with zero attached hydrogens (tertiary/aromatic N) is 4. The molecule has 9 heteroatoms. The molecule has 0 aliphatic rings. The minimum Gasteiger partial charge on any atom is -0.356 e. The average Bonchev–Trinajstić information content (AvgIpc) is 3.16. The van der Waals surface area contributed by atoms with Crippen LogP contribution in [-0.4, -0.2) is 41.2 Å². The Kier molecular flexibility index (Phi) is 9.15. The fourth-order valence-corrected chi connectivity index (χ4v) is 2.65. The number of nitrogens with one attached hydrogen (secondary N) is 2. The summed E-state index contributed by atoms with van der Waals surface area (Å²) in [7, 11) is 1.74. The van der Waals surface area contributed by atoms with Gasteiger partial charge < -0.3 is 15.2 Å². The number of aliphatic imine (C=N–C) groups is 1. The van der Waals surface area contributed by atoms with Crippen molar-refractivity contribution in [2.75, 3.05) is 20.1 Å². The van der Waals surface area contributed by atoms with Crippen LogP contribution >= 0.6 is 35.6 Å². The van der Waals surface area contributed by atoms with E-state index in [9.17, 15) is 0 Å². The van der Waals surface area contributed by atoms with Crippen LogP contribution in [0.5, 0.6) is 0 Å². The number of hydrogen-bond donors (Lipinski definition) is 2. The van der Waals surface area contributed by atoms with Crippen LogP contribution in [0.3, 0.4) is 0 Å². The van der Waals surface area contributed by atoms with E-state index >= 15 is 0 Å². The van der Waals surface area contributed by atoms with Crippen molar-refractivity contribution in [1.82, 2.24) is 25.8 Å². The average molecular weight is 513 g/mol.